The second kappa shape index (κ2) is 9.88. The van der Waals surface area contributed by atoms with Crippen molar-refractivity contribution in [3.05, 3.63) is 88.4 Å². The Kier molecular flexibility index (Phi) is 6.77. The minimum Gasteiger partial charge on any atom is -0.351 e. The number of nitrogens with one attached hydrogen (secondary N) is 1. The van der Waals surface area contributed by atoms with Crippen LogP contribution in [0.25, 0.3) is 0 Å². The van der Waals surface area contributed by atoms with Gasteiger partial charge in [-0.1, -0.05) is 49.2 Å². The molecule has 1 fully saturated rings. The molecule has 1 N–H and O–H groups in total. The van der Waals surface area contributed by atoms with E-state index in [1.54, 1.807) is 17.0 Å². The van der Waals surface area contributed by atoms with Crippen LogP contribution in [-0.2, 0) is 16.0 Å². The average Bonchev–Trinajstić information content (AvgIpc) is 3.47. The molecule has 1 saturated carbocycles. The number of amides is 2. The van der Waals surface area contributed by atoms with Crippen molar-refractivity contribution in [1.29, 1.82) is 0 Å². The molecule has 6 heteroatoms. The molecular weight excluding hydrogens is 411 g/mol. The van der Waals surface area contributed by atoms with Crippen molar-refractivity contribution in [2.45, 2.75) is 44.2 Å². The Morgan fingerprint density at radius 3 is 2.35 bits per heavy atom. The Bertz CT molecular complexity index is 1000. The van der Waals surface area contributed by atoms with Gasteiger partial charge in [0, 0.05) is 16.6 Å². The van der Waals surface area contributed by atoms with Gasteiger partial charge in [0.1, 0.15) is 11.9 Å². The van der Waals surface area contributed by atoms with E-state index in [1.807, 2.05) is 47.8 Å². The highest BCUT2D eigenvalue weighted by Crippen LogP contribution is 2.30. The predicted molar refractivity (Wildman–Crippen MR) is 121 cm³/mol. The maximum Gasteiger partial charge on any atom is 0.248 e. The molecule has 0 aliphatic heterocycles. The van der Waals surface area contributed by atoms with Gasteiger partial charge in [0.2, 0.25) is 11.8 Å². The fourth-order valence-corrected chi connectivity index (χ4v) is 4.78. The lowest BCUT2D eigenvalue weighted by Crippen LogP contribution is -2.46. The number of hydrogen-bond acceptors (Lipinski definition) is 3. The smallest absolute Gasteiger partial charge is 0.248 e. The molecule has 2 amide bonds. The first-order valence-electron chi connectivity index (χ1n) is 10.6. The van der Waals surface area contributed by atoms with Crippen LogP contribution in [0.3, 0.4) is 0 Å². The lowest BCUT2D eigenvalue weighted by molar-refractivity contribution is -0.127. The molecule has 0 bridgehead atoms. The maximum atomic E-state index is 13.6. The van der Waals surface area contributed by atoms with E-state index in [1.165, 1.54) is 23.5 Å². The summed E-state index contributed by atoms with van der Waals surface area (Å²) in [6.07, 6.45) is 4.26. The Hall–Kier alpha value is -2.99. The molecule has 2 aromatic carbocycles. The molecule has 1 aliphatic rings. The molecule has 0 unspecified atom stereocenters. The van der Waals surface area contributed by atoms with Crippen molar-refractivity contribution >= 4 is 28.8 Å². The molecule has 1 heterocycles. The van der Waals surface area contributed by atoms with Crippen LogP contribution in [0.4, 0.5) is 10.1 Å². The summed E-state index contributed by atoms with van der Waals surface area (Å²) in [5, 5.41) is 5.06. The van der Waals surface area contributed by atoms with Gasteiger partial charge in [-0.2, -0.15) is 0 Å². The molecular formula is C25H25FN2O2S. The average molecular weight is 437 g/mol. The summed E-state index contributed by atoms with van der Waals surface area (Å²) in [5.41, 5.74) is 1.22. The summed E-state index contributed by atoms with van der Waals surface area (Å²) in [6.45, 7) is 0. The summed E-state index contributed by atoms with van der Waals surface area (Å²) in [5.74, 6) is -0.790. The number of halogens is 1. The van der Waals surface area contributed by atoms with E-state index >= 15 is 0 Å². The summed E-state index contributed by atoms with van der Waals surface area (Å²) in [4.78, 5) is 29.5. The largest absolute Gasteiger partial charge is 0.351 e. The Labute approximate surface area is 185 Å². The number of carbonyl (C=O) groups excluding carboxylic acids is 2. The lowest BCUT2D eigenvalue weighted by Gasteiger charge is -2.32. The monoisotopic (exact) mass is 436 g/mol. The van der Waals surface area contributed by atoms with Crippen LogP contribution in [-0.4, -0.2) is 17.9 Å². The SMILES string of the molecule is O=C(NC1CCCC1)[C@@H](c1ccc(F)cc1)N(C(=O)Cc1cccs1)c1ccccc1. The first kappa shape index (κ1) is 21.2. The Balaban J connectivity index is 1.73. The van der Waals surface area contributed by atoms with Crippen molar-refractivity contribution in [3.8, 4) is 0 Å². The van der Waals surface area contributed by atoms with E-state index in [0.29, 0.717) is 11.3 Å². The normalized spacial score (nSPS) is 14.9. The van der Waals surface area contributed by atoms with Gasteiger partial charge in [-0.15, -0.1) is 11.3 Å². The van der Waals surface area contributed by atoms with Crippen molar-refractivity contribution in [1.82, 2.24) is 5.32 Å². The molecule has 1 aliphatic carbocycles. The third-order valence-electron chi connectivity index (χ3n) is 5.60. The first-order valence-corrected chi connectivity index (χ1v) is 11.4. The minimum absolute atomic E-state index is 0.112. The van der Waals surface area contributed by atoms with Crippen molar-refractivity contribution < 1.29 is 14.0 Å². The van der Waals surface area contributed by atoms with E-state index < -0.39 is 6.04 Å². The fraction of sp³-hybridized carbons (Fsp3) is 0.280. The zero-order valence-corrected chi connectivity index (χ0v) is 18.0. The maximum absolute atomic E-state index is 13.6. The van der Waals surface area contributed by atoms with Gasteiger partial charge in [-0.25, -0.2) is 4.39 Å². The van der Waals surface area contributed by atoms with E-state index in [0.717, 1.165) is 30.6 Å². The number of para-hydroxylation sites is 1. The molecule has 0 saturated heterocycles. The second-order valence-electron chi connectivity index (χ2n) is 7.80. The van der Waals surface area contributed by atoms with Gasteiger partial charge >= 0.3 is 0 Å². The number of rotatable bonds is 7. The van der Waals surface area contributed by atoms with Crippen molar-refractivity contribution in [2.75, 3.05) is 4.90 Å². The molecule has 1 aromatic heterocycles. The van der Waals surface area contributed by atoms with Crippen LogP contribution in [0.2, 0.25) is 0 Å². The molecule has 0 spiro atoms. The molecule has 160 valence electrons. The highest BCUT2D eigenvalue weighted by molar-refractivity contribution is 7.10. The molecule has 0 radical (unpaired) electrons. The Morgan fingerprint density at radius 2 is 1.71 bits per heavy atom. The van der Waals surface area contributed by atoms with Crippen LogP contribution < -0.4 is 10.2 Å². The number of benzene rings is 2. The van der Waals surface area contributed by atoms with E-state index in [9.17, 15) is 14.0 Å². The van der Waals surface area contributed by atoms with Gasteiger partial charge in [-0.3, -0.25) is 14.5 Å². The van der Waals surface area contributed by atoms with Crippen LogP contribution in [0.1, 0.15) is 42.2 Å². The van der Waals surface area contributed by atoms with Crippen LogP contribution >= 0.6 is 11.3 Å². The van der Waals surface area contributed by atoms with Gasteiger partial charge in [-0.05, 0) is 54.1 Å². The van der Waals surface area contributed by atoms with Crippen LogP contribution in [0.5, 0.6) is 0 Å². The van der Waals surface area contributed by atoms with Crippen molar-refractivity contribution in [3.63, 3.8) is 0 Å². The van der Waals surface area contributed by atoms with E-state index in [-0.39, 0.29) is 30.1 Å². The fourth-order valence-electron chi connectivity index (χ4n) is 4.09. The minimum atomic E-state index is -0.879. The van der Waals surface area contributed by atoms with Gasteiger partial charge in [0.05, 0.1) is 6.42 Å². The third-order valence-corrected chi connectivity index (χ3v) is 6.48. The molecule has 4 rings (SSSR count). The molecule has 31 heavy (non-hydrogen) atoms. The van der Waals surface area contributed by atoms with E-state index in [2.05, 4.69) is 5.32 Å². The quantitative estimate of drug-likeness (QED) is 0.549. The number of carbonyl (C=O) groups is 2. The molecule has 4 nitrogen and oxygen atoms in total. The lowest BCUT2D eigenvalue weighted by atomic mass is 10.0. The number of nitrogens with zero attached hydrogens (tertiary/aromatic N) is 1. The summed E-state index contributed by atoms with van der Waals surface area (Å²) in [6, 6.07) is 18.1. The van der Waals surface area contributed by atoms with Gasteiger partial charge in [0.15, 0.2) is 0 Å². The second-order valence-corrected chi connectivity index (χ2v) is 8.83. The summed E-state index contributed by atoms with van der Waals surface area (Å²) < 4.78 is 13.6. The zero-order chi connectivity index (χ0) is 21.6. The molecule has 3 aromatic rings. The first-order chi connectivity index (χ1) is 15.1. The van der Waals surface area contributed by atoms with Gasteiger partial charge < -0.3 is 5.32 Å². The van der Waals surface area contributed by atoms with Crippen molar-refractivity contribution in [2.24, 2.45) is 0 Å². The number of anilines is 1. The molecule has 1 atom stereocenters. The van der Waals surface area contributed by atoms with Crippen LogP contribution in [0.15, 0.2) is 72.1 Å². The topological polar surface area (TPSA) is 49.4 Å². The standard InChI is InChI=1S/C25H25FN2O2S/c26-19-14-12-18(13-15-19)24(25(30)27-20-7-4-5-8-20)28(21-9-2-1-3-10-21)23(29)17-22-11-6-16-31-22/h1-3,6,9-16,20,24H,4-5,7-8,17H2,(H,27,30)/t24-/m1/s1. The number of thiophene rings is 1. The Morgan fingerprint density at radius 1 is 1.00 bits per heavy atom. The highest BCUT2D eigenvalue weighted by atomic mass is 32.1. The third kappa shape index (κ3) is 5.20. The highest BCUT2D eigenvalue weighted by Gasteiger charge is 2.34. The zero-order valence-electron chi connectivity index (χ0n) is 17.2. The summed E-state index contributed by atoms with van der Waals surface area (Å²) in [7, 11) is 0. The predicted octanol–water partition coefficient (Wildman–Crippen LogP) is 5.26. The van der Waals surface area contributed by atoms with E-state index in [4.69, 9.17) is 0 Å². The van der Waals surface area contributed by atoms with Gasteiger partial charge in [0.25, 0.3) is 0 Å². The summed E-state index contributed by atoms with van der Waals surface area (Å²) >= 11 is 1.51. The number of hydrogen-bond donors (Lipinski definition) is 1. The van der Waals surface area contributed by atoms with Crippen LogP contribution in [0, 0.1) is 5.82 Å².